The molecule has 0 rings (SSSR count). The van der Waals surface area contributed by atoms with Crippen LogP contribution in [0.3, 0.4) is 0 Å². The maximum absolute atomic E-state index is 11.5. The molecule has 0 bridgehead atoms. The van der Waals surface area contributed by atoms with Crippen LogP contribution >= 0.6 is 0 Å². The minimum absolute atomic E-state index is 0.00810. The van der Waals surface area contributed by atoms with E-state index in [1.807, 2.05) is 0 Å². The Morgan fingerprint density at radius 1 is 0.607 bits per heavy atom. The summed E-state index contributed by atoms with van der Waals surface area (Å²) in [5, 5.41) is 20.0. The van der Waals surface area contributed by atoms with Gasteiger partial charge in [0.1, 0.15) is 5.78 Å². The van der Waals surface area contributed by atoms with Crippen molar-refractivity contribution in [2.45, 2.75) is 103 Å². The van der Waals surface area contributed by atoms with E-state index in [9.17, 15) is 9.59 Å². The van der Waals surface area contributed by atoms with E-state index in [0.29, 0.717) is 38.0 Å². The van der Waals surface area contributed by atoms with E-state index in [0.717, 1.165) is 38.5 Å². The summed E-state index contributed by atoms with van der Waals surface area (Å²) in [4.78, 5) is 22.8. The molecular weight excluding hydrogens is 354 g/mol. The molecule has 0 atom stereocenters. The Labute approximate surface area is 172 Å². The van der Waals surface area contributed by atoms with Crippen LogP contribution in [0.15, 0.2) is 12.2 Å². The maximum Gasteiger partial charge on any atom is 0.220 e. The van der Waals surface area contributed by atoms with Gasteiger partial charge in [0.05, 0.1) is 6.61 Å². The third-order valence-electron chi connectivity index (χ3n) is 4.82. The lowest BCUT2D eigenvalue weighted by Gasteiger charge is -2.03. The molecular formula is C23H43NO4. The molecule has 164 valence electrons. The van der Waals surface area contributed by atoms with Crippen molar-refractivity contribution in [3.8, 4) is 0 Å². The van der Waals surface area contributed by atoms with E-state index in [4.69, 9.17) is 10.2 Å². The van der Waals surface area contributed by atoms with E-state index in [1.165, 1.54) is 38.5 Å². The highest BCUT2D eigenvalue weighted by Gasteiger charge is 2.01. The molecule has 1 amide bonds. The van der Waals surface area contributed by atoms with Gasteiger partial charge in [-0.15, -0.1) is 0 Å². The summed E-state index contributed by atoms with van der Waals surface area (Å²) in [6.45, 7) is 0.485. The Morgan fingerprint density at radius 3 is 1.68 bits per heavy atom. The maximum atomic E-state index is 11.5. The number of aliphatic hydroxyl groups is 2. The number of aliphatic hydroxyl groups excluding tert-OH is 2. The fraction of sp³-hybridized carbons (Fsp3) is 0.826. The third-order valence-corrected chi connectivity index (χ3v) is 4.82. The number of allylic oxidation sites excluding steroid dienone is 2. The summed E-state index contributed by atoms with van der Waals surface area (Å²) in [7, 11) is 0. The molecule has 5 heteroatoms. The largest absolute Gasteiger partial charge is 0.396 e. The molecule has 0 aromatic heterocycles. The Bertz CT molecular complexity index is 360. The quantitative estimate of drug-likeness (QED) is 0.197. The highest BCUT2D eigenvalue weighted by atomic mass is 16.3. The van der Waals surface area contributed by atoms with Crippen LogP contribution in [0.4, 0.5) is 0 Å². The Morgan fingerprint density at radius 2 is 1.11 bits per heavy atom. The third kappa shape index (κ3) is 21.1. The number of carbonyl (C=O) groups is 2. The Hall–Kier alpha value is -1.20. The number of unbranched alkanes of at least 4 members (excludes halogenated alkanes) is 10. The van der Waals surface area contributed by atoms with Crippen LogP contribution in [-0.2, 0) is 9.59 Å². The highest BCUT2D eigenvalue weighted by Crippen LogP contribution is 2.10. The second-order valence-electron chi connectivity index (χ2n) is 7.52. The first-order chi connectivity index (χ1) is 13.7. The second-order valence-corrected chi connectivity index (χ2v) is 7.52. The van der Waals surface area contributed by atoms with Gasteiger partial charge in [-0.05, 0) is 44.9 Å². The van der Waals surface area contributed by atoms with Gasteiger partial charge in [-0.25, -0.2) is 0 Å². The molecule has 0 unspecified atom stereocenters. The lowest BCUT2D eigenvalue weighted by molar-refractivity contribution is -0.121. The van der Waals surface area contributed by atoms with E-state index in [-0.39, 0.29) is 19.1 Å². The average molecular weight is 398 g/mol. The number of amides is 1. The summed E-state index contributed by atoms with van der Waals surface area (Å²) in [5.74, 6) is 0.337. The van der Waals surface area contributed by atoms with Crippen LogP contribution in [0.5, 0.6) is 0 Å². The molecule has 5 nitrogen and oxygen atoms in total. The van der Waals surface area contributed by atoms with Gasteiger partial charge >= 0.3 is 0 Å². The van der Waals surface area contributed by atoms with Crippen molar-refractivity contribution in [3.63, 3.8) is 0 Å². The first-order valence-electron chi connectivity index (χ1n) is 11.4. The molecule has 0 heterocycles. The van der Waals surface area contributed by atoms with Crippen molar-refractivity contribution in [2.75, 3.05) is 19.8 Å². The zero-order valence-corrected chi connectivity index (χ0v) is 17.8. The number of nitrogens with one attached hydrogen (secondary N) is 1. The summed E-state index contributed by atoms with van der Waals surface area (Å²) in [5.41, 5.74) is 0. The van der Waals surface area contributed by atoms with Gasteiger partial charge in [0.2, 0.25) is 5.91 Å². The van der Waals surface area contributed by atoms with Gasteiger partial charge in [0.15, 0.2) is 0 Å². The van der Waals surface area contributed by atoms with Crippen molar-refractivity contribution in [1.82, 2.24) is 5.32 Å². The molecule has 0 spiro atoms. The van der Waals surface area contributed by atoms with Crippen molar-refractivity contribution < 1.29 is 19.8 Å². The van der Waals surface area contributed by atoms with Crippen molar-refractivity contribution in [3.05, 3.63) is 12.2 Å². The Kier molecular flexibility index (Phi) is 21.1. The highest BCUT2D eigenvalue weighted by molar-refractivity contribution is 5.78. The van der Waals surface area contributed by atoms with Crippen molar-refractivity contribution in [1.29, 1.82) is 0 Å². The van der Waals surface area contributed by atoms with Crippen LogP contribution < -0.4 is 5.32 Å². The predicted octanol–water partition coefficient (Wildman–Crippen LogP) is 4.45. The molecule has 0 aromatic rings. The molecule has 0 saturated heterocycles. The molecule has 0 aliphatic carbocycles. The fourth-order valence-electron chi connectivity index (χ4n) is 3.11. The van der Waals surface area contributed by atoms with Crippen LogP contribution in [0.1, 0.15) is 103 Å². The van der Waals surface area contributed by atoms with Gasteiger partial charge < -0.3 is 15.5 Å². The SMILES string of the molecule is O=C(CCCO)CCCCCCC/C=C/CCCCCCCC(=O)NCCO. The minimum Gasteiger partial charge on any atom is -0.396 e. The lowest BCUT2D eigenvalue weighted by Crippen LogP contribution is -2.25. The van der Waals surface area contributed by atoms with E-state index in [1.54, 1.807) is 0 Å². The minimum atomic E-state index is 0.00810. The topological polar surface area (TPSA) is 86.6 Å². The monoisotopic (exact) mass is 397 g/mol. The standard InChI is InChI=1S/C23H43NO4/c25-20-15-17-22(27)16-13-11-9-7-5-3-1-2-4-6-8-10-12-14-18-23(28)24-19-21-26/h1-2,25-26H,3-21H2,(H,24,28)/b2-1+. The first kappa shape index (κ1) is 26.8. The number of hydrogen-bond acceptors (Lipinski definition) is 4. The van der Waals surface area contributed by atoms with Crippen molar-refractivity contribution in [2.24, 2.45) is 0 Å². The van der Waals surface area contributed by atoms with E-state index in [2.05, 4.69) is 17.5 Å². The number of hydrogen-bond donors (Lipinski definition) is 3. The fourth-order valence-corrected chi connectivity index (χ4v) is 3.11. The molecule has 0 fully saturated rings. The predicted molar refractivity (Wildman–Crippen MR) is 115 cm³/mol. The van der Waals surface area contributed by atoms with Gasteiger partial charge in [-0.2, -0.15) is 0 Å². The van der Waals surface area contributed by atoms with Gasteiger partial charge in [-0.3, -0.25) is 9.59 Å². The zero-order chi connectivity index (χ0) is 20.7. The van der Waals surface area contributed by atoms with Crippen LogP contribution in [0.2, 0.25) is 0 Å². The molecule has 0 aliphatic heterocycles. The van der Waals surface area contributed by atoms with Crippen LogP contribution in [0.25, 0.3) is 0 Å². The summed E-state index contributed by atoms with van der Waals surface area (Å²) < 4.78 is 0. The molecule has 0 aliphatic rings. The van der Waals surface area contributed by atoms with Gasteiger partial charge in [0.25, 0.3) is 0 Å². The molecule has 28 heavy (non-hydrogen) atoms. The first-order valence-corrected chi connectivity index (χ1v) is 11.4. The molecule has 0 saturated carbocycles. The Balaban J connectivity index is 3.22. The molecule has 3 N–H and O–H groups in total. The average Bonchev–Trinajstić information content (AvgIpc) is 2.70. The van der Waals surface area contributed by atoms with Crippen LogP contribution in [-0.4, -0.2) is 41.7 Å². The van der Waals surface area contributed by atoms with E-state index < -0.39 is 0 Å². The summed E-state index contributed by atoms with van der Waals surface area (Å²) in [6, 6.07) is 0. The molecule has 0 aromatic carbocycles. The van der Waals surface area contributed by atoms with E-state index >= 15 is 0 Å². The summed E-state index contributed by atoms with van der Waals surface area (Å²) >= 11 is 0. The normalized spacial score (nSPS) is 11.2. The van der Waals surface area contributed by atoms with Gasteiger partial charge in [0, 0.05) is 32.4 Å². The number of Topliss-reactive ketones (excluding diaryl/α,β-unsaturated/α-hetero) is 1. The second kappa shape index (κ2) is 22.1. The van der Waals surface area contributed by atoms with Crippen LogP contribution in [0, 0.1) is 0 Å². The molecule has 0 radical (unpaired) electrons. The number of carbonyl (C=O) groups excluding carboxylic acids is 2. The smallest absolute Gasteiger partial charge is 0.220 e. The van der Waals surface area contributed by atoms with Crippen molar-refractivity contribution >= 4 is 11.7 Å². The lowest BCUT2D eigenvalue weighted by atomic mass is 10.1. The number of ketones is 1. The summed E-state index contributed by atoms with van der Waals surface area (Å²) in [6.07, 6.45) is 20.7. The number of rotatable bonds is 21. The van der Waals surface area contributed by atoms with Gasteiger partial charge in [-0.1, -0.05) is 50.7 Å². The zero-order valence-electron chi connectivity index (χ0n) is 17.8.